The number of hydrogen-bond acceptors (Lipinski definition) is 2. The fourth-order valence-corrected chi connectivity index (χ4v) is 1.52. The monoisotopic (exact) mass is 319 g/mol. The van der Waals surface area contributed by atoms with Gasteiger partial charge in [0.1, 0.15) is 12.4 Å². The van der Waals surface area contributed by atoms with Crippen LogP contribution in [0.4, 0.5) is 26.3 Å². The molecule has 2 aromatic carbocycles. The Hall–Kier alpha value is -2.51. The molecule has 0 aliphatic rings. The second-order valence-electron chi connectivity index (χ2n) is 4.12. The molecule has 0 spiro atoms. The van der Waals surface area contributed by atoms with Crippen LogP contribution in [0.1, 0.15) is 11.1 Å². The molecule has 0 saturated heterocycles. The summed E-state index contributed by atoms with van der Waals surface area (Å²) in [6.45, 7) is -0.174. The van der Waals surface area contributed by atoms with Crippen molar-refractivity contribution in [1.82, 2.24) is 0 Å². The third kappa shape index (κ3) is 3.21. The van der Waals surface area contributed by atoms with Crippen molar-refractivity contribution in [3.05, 3.63) is 70.3 Å². The van der Waals surface area contributed by atoms with Crippen molar-refractivity contribution in [1.29, 1.82) is 0 Å². The maximum atomic E-state index is 13.3. The SMILES string of the molecule is Fc1ccc(CO/N=C\c2c(F)c(F)c(F)c(F)c2F)cc1. The van der Waals surface area contributed by atoms with Gasteiger partial charge in [-0.05, 0) is 17.7 Å². The molecule has 0 amide bonds. The van der Waals surface area contributed by atoms with Crippen LogP contribution in [0.15, 0.2) is 29.4 Å². The quantitative estimate of drug-likeness (QED) is 0.274. The highest BCUT2D eigenvalue weighted by molar-refractivity contribution is 5.80. The number of benzene rings is 2. The molecule has 0 atom stereocenters. The van der Waals surface area contributed by atoms with Gasteiger partial charge in [0.05, 0.1) is 11.8 Å². The Bertz CT molecular complexity index is 685. The van der Waals surface area contributed by atoms with Crippen LogP contribution in [0.5, 0.6) is 0 Å². The topological polar surface area (TPSA) is 21.6 Å². The molecular weight excluding hydrogens is 312 g/mol. The van der Waals surface area contributed by atoms with Crippen molar-refractivity contribution in [2.45, 2.75) is 6.61 Å². The largest absolute Gasteiger partial charge is 0.391 e. The van der Waals surface area contributed by atoms with Gasteiger partial charge >= 0.3 is 0 Å². The average molecular weight is 319 g/mol. The maximum absolute atomic E-state index is 13.3. The molecule has 116 valence electrons. The minimum Gasteiger partial charge on any atom is -0.391 e. The van der Waals surface area contributed by atoms with Gasteiger partial charge in [0.2, 0.25) is 5.82 Å². The van der Waals surface area contributed by atoms with E-state index >= 15 is 0 Å². The molecule has 0 heterocycles. The highest BCUT2D eigenvalue weighted by atomic mass is 19.2. The molecular formula is C14H7F6NO. The van der Waals surface area contributed by atoms with Crippen molar-refractivity contribution in [3.8, 4) is 0 Å². The summed E-state index contributed by atoms with van der Waals surface area (Å²) < 4.78 is 77.9. The van der Waals surface area contributed by atoms with Crippen LogP contribution in [0.2, 0.25) is 0 Å². The molecule has 0 aliphatic heterocycles. The molecule has 0 unspecified atom stereocenters. The number of hydrogen-bond donors (Lipinski definition) is 0. The van der Waals surface area contributed by atoms with Crippen LogP contribution < -0.4 is 0 Å². The summed E-state index contributed by atoms with van der Waals surface area (Å²) in [5.74, 6) is -10.9. The minimum absolute atomic E-state index is 0.174. The number of nitrogens with zero attached hydrogens (tertiary/aromatic N) is 1. The smallest absolute Gasteiger partial charge is 0.200 e. The Morgan fingerprint density at radius 2 is 1.27 bits per heavy atom. The van der Waals surface area contributed by atoms with Gasteiger partial charge in [-0.25, -0.2) is 26.3 Å². The lowest BCUT2D eigenvalue weighted by atomic mass is 10.2. The van der Waals surface area contributed by atoms with Crippen LogP contribution in [-0.4, -0.2) is 6.21 Å². The number of rotatable bonds is 4. The van der Waals surface area contributed by atoms with Crippen molar-refractivity contribution >= 4 is 6.21 Å². The molecule has 2 nitrogen and oxygen atoms in total. The molecule has 0 bridgehead atoms. The minimum atomic E-state index is -2.25. The van der Waals surface area contributed by atoms with Gasteiger partial charge in [-0.2, -0.15) is 0 Å². The van der Waals surface area contributed by atoms with Crippen LogP contribution >= 0.6 is 0 Å². The predicted molar refractivity (Wildman–Crippen MR) is 65.0 cm³/mol. The molecule has 0 N–H and O–H groups in total. The van der Waals surface area contributed by atoms with E-state index in [0.717, 1.165) is 12.1 Å². The predicted octanol–water partition coefficient (Wildman–Crippen LogP) is 4.07. The van der Waals surface area contributed by atoms with E-state index < -0.39 is 40.5 Å². The molecule has 0 aliphatic carbocycles. The van der Waals surface area contributed by atoms with Gasteiger partial charge in [-0.15, -0.1) is 0 Å². The maximum Gasteiger partial charge on any atom is 0.200 e. The molecule has 0 radical (unpaired) electrons. The third-order valence-corrected chi connectivity index (χ3v) is 2.64. The third-order valence-electron chi connectivity index (χ3n) is 2.64. The van der Waals surface area contributed by atoms with Gasteiger partial charge in [0, 0.05) is 0 Å². The van der Waals surface area contributed by atoms with Gasteiger partial charge < -0.3 is 4.84 Å². The zero-order chi connectivity index (χ0) is 16.3. The van der Waals surface area contributed by atoms with Gasteiger partial charge in [0.15, 0.2) is 23.3 Å². The zero-order valence-electron chi connectivity index (χ0n) is 10.7. The Balaban J connectivity index is 2.12. The average Bonchev–Trinajstić information content (AvgIpc) is 2.52. The van der Waals surface area contributed by atoms with Crippen molar-refractivity contribution in [2.75, 3.05) is 0 Å². The van der Waals surface area contributed by atoms with E-state index in [1.807, 2.05) is 0 Å². The first-order valence-electron chi connectivity index (χ1n) is 5.83. The Morgan fingerprint density at radius 1 is 0.773 bits per heavy atom. The molecule has 2 rings (SSSR count). The van der Waals surface area contributed by atoms with E-state index in [1.165, 1.54) is 12.1 Å². The molecule has 22 heavy (non-hydrogen) atoms. The van der Waals surface area contributed by atoms with Crippen LogP contribution in [0.3, 0.4) is 0 Å². The summed E-state index contributed by atoms with van der Waals surface area (Å²) >= 11 is 0. The first-order valence-corrected chi connectivity index (χ1v) is 5.83. The molecule has 2 aromatic rings. The Morgan fingerprint density at radius 3 is 1.82 bits per heavy atom. The normalized spacial score (nSPS) is 11.2. The summed E-state index contributed by atoms with van der Waals surface area (Å²) in [6, 6.07) is 5.07. The molecule has 0 saturated carbocycles. The first kappa shape index (κ1) is 15.9. The standard InChI is InChI=1S/C14H7F6NO/c15-8-3-1-7(2-4-8)6-22-21-5-9-10(16)12(18)14(20)13(19)11(9)17/h1-5H,6H2/b21-5-. The van der Waals surface area contributed by atoms with Gasteiger partial charge in [-0.1, -0.05) is 17.3 Å². The molecule has 0 fully saturated rings. The number of oxime groups is 1. The van der Waals surface area contributed by atoms with Crippen molar-refractivity contribution in [3.63, 3.8) is 0 Å². The molecule has 8 heteroatoms. The van der Waals surface area contributed by atoms with Crippen LogP contribution in [-0.2, 0) is 11.4 Å². The second-order valence-corrected chi connectivity index (χ2v) is 4.12. The Labute approximate surface area is 120 Å². The van der Waals surface area contributed by atoms with E-state index in [2.05, 4.69) is 9.99 Å². The van der Waals surface area contributed by atoms with Gasteiger partial charge in [-0.3, -0.25) is 0 Å². The highest BCUT2D eigenvalue weighted by Crippen LogP contribution is 2.21. The van der Waals surface area contributed by atoms with E-state index in [4.69, 9.17) is 0 Å². The lowest BCUT2D eigenvalue weighted by molar-refractivity contribution is 0.132. The lowest BCUT2D eigenvalue weighted by Crippen LogP contribution is -2.06. The van der Waals surface area contributed by atoms with E-state index in [9.17, 15) is 26.3 Å². The molecule has 0 aromatic heterocycles. The van der Waals surface area contributed by atoms with Crippen molar-refractivity contribution in [2.24, 2.45) is 5.16 Å². The summed E-state index contributed by atoms with van der Waals surface area (Å²) in [6.07, 6.45) is 0.375. The fraction of sp³-hybridized carbons (Fsp3) is 0.0714. The lowest BCUT2D eigenvalue weighted by Gasteiger charge is -2.04. The number of halogens is 6. The Kier molecular flexibility index (Phi) is 4.69. The summed E-state index contributed by atoms with van der Waals surface area (Å²) in [5.41, 5.74) is -0.716. The summed E-state index contributed by atoms with van der Waals surface area (Å²) in [7, 11) is 0. The highest BCUT2D eigenvalue weighted by Gasteiger charge is 2.24. The summed E-state index contributed by atoms with van der Waals surface area (Å²) in [4.78, 5) is 4.66. The zero-order valence-corrected chi connectivity index (χ0v) is 10.7. The van der Waals surface area contributed by atoms with E-state index in [-0.39, 0.29) is 6.61 Å². The first-order chi connectivity index (χ1) is 10.4. The second kappa shape index (κ2) is 6.50. The fourth-order valence-electron chi connectivity index (χ4n) is 1.52. The van der Waals surface area contributed by atoms with E-state index in [0.29, 0.717) is 11.8 Å². The van der Waals surface area contributed by atoms with Crippen LogP contribution in [0.25, 0.3) is 0 Å². The van der Waals surface area contributed by atoms with E-state index in [1.54, 1.807) is 0 Å². The van der Waals surface area contributed by atoms with Crippen molar-refractivity contribution < 1.29 is 31.2 Å². The summed E-state index contributed by atoms with van der Waals surface area (Å²) in [5, 5.41) is 3.14. The van der Waals surface area contributed by atoms with Gasteiger partial charge in [0.25, 0.3) is 0 Å². The van der Waals surface area contributed by atoms with Crippen LogP contribution in [0, 0.1) is 34.9 Å².